The Labute approximate surface area is 162 Å². The molecular weight excluding hydrogens is 342 g/mol. The summed E-state index contributed by atoms with van der Waals surface area (Å²) < 4.78 is 17.6. The second-order valence-corrected chi connectivity index (χ2v) is 9.81. The first-order chi connectivity index (χ1) is 13.0. The number of ether oxygens (including phenoxy) is 3. The fraction of sp³-hybridized carbons (Fsp3) is 0.864. The van der Waals surface area contributed by atoms with Crippen LogP contribution in [0.15, 0.2) is 12.2 Å². The fourth-order valence-corrected chi connectivity index (χ4v) is 6.60. The summed E-state index contributed by atoms with van der Waals surface area (Å²) in [5, 5.41) is 0. The summed E-state index contributed by atoms with van der Waals surface area (Å²) in [5.74, 6) is 0.636. The van der Waals surface area contributed by atoms with Crippen molar-refractivity contribution in [1.82, 2.24) is 4.90 Å². The zero-order valence-corrected chi connectivity index (χ0v) is 16.6. The van der Waals surface area contributed by atoms with E-state index in [-0.39, 0.29) is 29.2 Å². The van der Waals surface area contributed by atoms with E-state index in [1.165, 1.54) is 18.4 Å². The van der Waals surface area contributed by atoms with E-state index in [0.29, 0.717) is 25.0 Å². The highest BCUT2D eigenvalue weighted by atomic mass is 16.7. The summed E-state index contributed by atoms with van der Waals surface area (Å²) >= 11 is 0. The molecule has 0 N–H and O–H groups in total. The average Bonchev–Trinajstić information content (AvgIpc) is 3.20. The summed E-state index contributed by atoms with van der Waals surface area (Å²) in [6.45, 7) is 10.9. The van der Waals surface area contributed by atoms with Crippen molar-refractivity contribution in [1.29, 1.82) is 0 Å². The van der Waals surface area contributed by atoms with E-state index < -0.39 is 0 Å². The number of carbonyl (C=O) groups excluding carboxylic acids is 1. The molecule has 5 fully saturated rings. The monoisotopic (exact) mass is 375 g/mol. The van der Waals surface area contributed by atoms with Gasteiger partial charge in [0, 0.05) is 38.4 Å². The molecule has 0 aromatic rings. The van der Waals surface area contributed by atoms with Crippen molar-refractivity contribution in [3.05, 3.63) is 12.2 Å². The molecule has 5 nitrogen and oxygen atoms in total. The van der Waals surface area contributed by atoms with Crippen LogP contribution in [0.2, 0.25) is 0 Å². The highest BCUT2D eigenvalue weighted by molar-refractivity contribution is 5.75. The number of hydrogen-bond acceptors (Lipinski definition) is 5. The van der Waals surface area contributed by atoms with E-state index in [4.69, 9.17) is 14.2 Å². The van der Waals surface area contributed by atoms with E-state index >= 15 is 0 Å². The first-order valence-corrected chi connectivity index (χ1v) is 10.9. The molecule has 5 heteroatoms. The summed E-state index contributed by atoms with van der Waals surface area (Å²) in [6, 6.07) is 0. The molecular formula is C22H33NO4. The number of likely N-dealkylation sites (tertiary alicyclic amines) is 1. The first-order valence-electron chi connectivity index (χ1n) is 10.9. The van der Waals surface area contributed by atoms with Gasteiger partial charge in [-0.25, -0.2) is 0 Å². The van der Waals surface area contributed by atoms with Crippen LogP contribution in [0.1, 0.15) is 51.9 Å². The van der Waals surface area contributed by atoms with Gasteiger partial charge in [-0.05, 0) is 43.4 Å². The van der Waals surface area contributed by atoms with Crippen LogP contribution in [-0.4, -0.2) is 55.6 Å². The number of fused-ring (bicyclic) bond motifs is 2. The Balaban J connectivity index is 1.26. The van der Waals surface area contributed by atoms with Crippen LogP contribution in [-0.2, 0) is 19.0 Å². The maximum atomic E-state index is 12.7. The van der Waals surface area contributed by atoms with Crippen LogP contribution in [0.5, 0.6) is 0 Å². The van der Waals surface area contributed by atoms with Gasteiger partial charge in [0.05, 0.1) is 19.1 Å². The van der Waals surface area contributed by atoms with Gasteiger partial charge < -0.3 is 19.1 Å². The van der Waals surface area contributed by atoms with Gasteiger partial charge in [-0.2, -0.15) is 0 Å². The molecule has 5 aliphatic rings. The Bertz CT molecular complexity index is 618. The molecule has 0 radical (unpaired) electrons. The minimum Gasteiger partial charge on any atom is -0.462 e. The maximum absolute atomic E-state index is 12.7. The Morgan fingerprint density at radius 2 is 1.93 bits per heavy atom. The predicted molar refractivity (Wildman–Crippen MR) is 101 cm³/mol. The molecule has 27 heavy (non-hydrogen) atoms. The van der Waals surface area contributed by atoms with Crippen LogP contribution < -0.4 is 0 Å². The molecule has 2 aliphatic carbocycles. The van der Waals surface area contributed by atoms with Crippen molar-refractivity contribution in [3.8, 4) is 0 Å². The van der Waals surface area contributed by atoms with E-state index in [2.05, 4.69) is 18.4 Å². The van der Waals surface area contributed by atoms with Gasteiger partial charge in [0.25, 0.3) is 0 Å². The summed E-state index contributed by atoms with van der Waals surface area (Å²) in [6.07, 6.45) is 7.67. The lowest BCUT2D eigenvalue weighted by Crippen LogP contribution is -2.49. The third-order valence-corrected chi connectivity index (χ3v) is 8.21. The van der Waals surface area contributed by atoms with E-state index in [1.54, 1.807) is 0 Å². The Kier molecular flexibility index (Phi) is 4.41. The second kappa shape index (κ2) is 6.57. The zero-order valence-electron chi connectivity index (χ0n) is 16.6. The molecule has 0 aromatic carbocycles. The van der Waals surface area contributed by atoms with Gasteiger partial charge in [-0.1, -0.05) is 19.1 Å². The molecule has 5 rings (SSSR count). The fourth-order valence-electron chi connectivity index (χ4n) is 6.60. The second-order valence-electron chi connectivity index (χ2n) is 9.81. The average molecular weight is 376 g/mol. The van der Waals surface area contributed by atoms with Crippen molar-refractivity contribution >= 4 is 5.97 Å². The minimum atomic E-state index is -0.346. The highest BCUT2D eigenvalue weighted by Crippen LogP contribution is 2.57. The number of esters is 1. The number of carbonyl (C=O) groups is 1. The molecule has 5 atom stereocenters. The van der Waals surface area contributed by atoms with Crippen LogP contribution in [0.4, 0.5) is 0 Å². The van der Waals surface area contributed by atoms with Crippen molar-refractivity contribution in [2.24, 2.45) is 23.2 Å². The SMILES string of the molecule is C=C1CCC[C@]2(C)C[C@H]3OC(=O)[C@H](CN4CCC5(CC4)OCCO5)[C@H]3C[C@H]12. The molecule has 3 aliphatic heterocycles. The molecule has 150 valence electrons. The third kappa shape index (κ3) is 3.06. The molecule has 0 amide bonds. The first kappa shape index (κ1) is 18.1. The number of hydrogen-bond donors (Lipinski definition) is 0. The topological polar surface area (TPSA) is 48.0 Å². The minimum absolute atomic E-state index is 0.0220. The smallest absolute Gasteiger partial charge is 0.310 e. The van der Waals surface area contributed by atoms with E-state index in [1.807, 2.05) is 0 Å². The standard InChI is InChI=1S/C22H33NO4/c1-15-4-3-5-21(2)13-19-16(12-18(15)21)17(20(24)27-19)14-23-8-6-22(7-9-23)25-10-11-26-22/h16-19H,1,3-14H2,2H3/t16-,17-,18-,19-,21-/m1/s1. The molecule has 1 spiro atoms. The van der Waals surface area contributed by atoms with Crippen molar-refractivity contribution in [3.63, 3.8) is 0 Å². The molecule has 0 unspecified atom stereocenters. The summed E-state index contributed by atoms with van der Waals surface area (Å²) in [5.41, 5.74) is 1.69. The molecule has 0 aromatic heterocycles. The van der Waals surface area contributed by atoms with Crippen LogP contribution >= 0.6 is 0 Å². The van der Waals surface area contributed by atoms with Crippen LogP contribution in [0.25, 0.3) is 0 Å². The van der Waals surface area contributed by atoms with Gasteiger partial charge in [-0.15, -0.1) is 0 Å². The van der Waals surface area contributed by atoms with Gasteiger partial charge in [-0.3, -0.25) is 4.79 Å². The van der Waals surface area contributed by atoms with Gasteiger partial charge in [0.2, 0.25) is 0 Å². The van der Waals surface area contributed by atoms with Crippen LogP contribution in [0, 0.1) is 23.2 Å². The lowest BCUT2D eigenvalue weighted by molar-refractivity contribution is -0.186. The van der Waals surface area contributed by atoms with Gasteiger partial charge in [0.15, 0.2) is 5.79 Å². The number of nitrogens with zero attached hydrogens (tertiary/aromatic N) is 1. The Morgan fingerprint density at radius 1 is 1.19 bits per heavy atom. The molecule has 3 saturated heterocycles. The highest BCUT2D eigenvalue weighted by Gasteiger charge is 2.55. The Morgan fingerprint density at radius 3 is 2.67 bits per heavy atom. The normalized spacial score (nSPS) is 44.2. The number of allylic oxidation sites excluding steroid dienone is 1. The lowest BCUT2D eigenvalue weighted by atomic mass is 9.55. The van der Waals surface area contributed by atoms with Gasteiger partial charge >= 0.3 is 5.97 Å². The number of rotatable bonds is 2. The van der Waals surface area contributed by atoms with Crippen LogP contribution in [0.3, 0.4) is 0 Å². The maximum Gasteiger partial charge on any atom is 0.310 e. The quantitative estimate of drug-likeness (QED) is 0.548. The van der Waals surface area contributed by atoms with Crippen molar-refractivity contribution in [2.45, 2.75) is 63.8 Å². The largest absolute Gasteiger partial charge is 0.462 e. The van der Waals surface area contributed by atoms with Crippen molar-refractivity contribution in [2.75, 3.05) is 32.8 Å². The lowest BCUT2D eigenvalue weighted by Gasteiger charge is -2.50. The molecule has 3 heterocycles. The summed E-state index contributed by atoms with van der Waals surface area (Å²) in [4.78, 5) is 15.2. The van der Waals surface area contributed by atoms with E-state index in [9.17, 15) is 4.79 Å². The molecule has 2 saturated carbocycles. The van der Waals surface area contributed by atoms with E-state index in [0.717, 1.165) is 51.7 Å². The predicted octanol–water partition coefficient (Wildman–Crippen LogP) is 3.14. The zero-order chi connectivity index (χ0) is 18.6. The molecule has 0 bridgehead atoms. The Hall–Kier alpha value is -0.910. The third-order valence-electron chi connectivity index (χ3n) is 8.21. The van der Waals surface area contributed by atoms with Crippen molar-refractivity contribution < 1.29 is 19.0 Å². The number of piperidine rings is 1. The van der Waals surface area contributed by atoms with Gasteiger partial charge in [0.1, 0.15) is 6.10 Å². The summed E-state index contributed by atoms with van der Waals surface area (Å²) in [7, 11) is 0.